The van der Waals surface area contributed by atoms with Gasteiger partial charge in [0, 0.05) is 7.59 Å². The molecule has 0 aliphatic heterocycles. The van der Waals surface area contributed by atoms with Gasteiger partial charge in [-0.3, -0.25) is 0 Å². The summed E-state index contributed by atoms with van der Waals surface area (Å²) in [7, 11) is -2.19. The lowest BCUT2D eigenvalue weighted by molar-refractivity contribution is 1.14. The van der Waals surface area contributed by atoms with Gasteiger partial charge in [0.25, 0.3) is 0 Å². The van der Waals surface area contributed by atoms with Gasteiger partial charge in [-0.2, -0.15) is 0 Å². The van der Waals surface area contributed by atoms with Crippen LogP contribution in [-0.4, -0.2) is 15.2 Å². The Bertz CT molecular complexity index is 317. The number of aryl methyl sites for hydroxylation is 1. The lowest BCUT2D eigenvalue weighted by Crippen LogP contribution is -2.61. The minimum atomic E-state index is -1.18. The molecule has 84 valence electrons. The first-order valence-corrected chi connectivity index (χ1v) is 13.4. The zero-order valence-electron chi connectivity index (χ0n) is 11.0. The van der Waals surface area contributed by atoms with Crippen LogP contribution in [0.5, 0.6) is 0 Å². The molecule has 1 aromatic carbocycles. The van der Waals surface area contributed by atoms with Crippen molar-refractivity contribution in [3.8, 4) is 0 Å². The predicted octanol–water partition coefficient (Wildman–Crippen LogP) is 3.58. The largest absolute Gasteiger partial charge is 0.0736 e. The highest BCUT2D eigenvalue weighted by atomic mass is 29.3. The smallest absolute Gasteiger partial charge is 0.0712 e. The third kappa shape index (κ3) is 2.61. The van der Waals surface area contributed by atoms with Crippen molar-refractivity contribution in [2.75, 3.05) is 0 Å². The fourth-order valence-electron chi connectivity index (χ4n) is 1.59. The minimum Gasteiger partial charge on any atom is -0.0712 e. The van der Waals surface area contributed by atoms with Gasteiger partial charge in [-0.05, 0) is 12.0 Å². The summed E-state index contributed by atoms with van der Waals surface area (Å²) in [5, 5.41) is 1.64. The second-order valence-electron chi connectivity index (χ2n) is 5.93. The highest BCUT2D eigenvalue weighted by molar-refractivity contribution is 7.45. The fraction of sp³-hybridized carbons (Fsp3) is 0.538. The first-order chi connectivity index (χ1) is 6.79. The van der Waals surface area contributed by atoms with Gasteiger partial charge in [0.05, 0.1) is 7.59 Å². The molecule has 0 aliphatic carbocycles. The van der Waals surface area contributed by atoms with Crippen molar-refractivity contribution < 1.29 is 0 Å². The number of benzene rings is 1. The summed E-state index contributed by atoms with van der Waals surface area (Å²) in [5.41, 5.74) is 1.46. The Morgan fingerprint density at radius 3 is 1.67 bits per heavy atom. The molecule has 0 aliphatic rings. The fourth-order valence-corrected chi connectivity index (χ4v) is 6.55. The number of hydrogen-bond donors (Lipinski definition) is 0. The lowest BCUT2D eigenvalue weighted by Gasteiger charge is -2.35. The molecule has 0 saturated carbocycles. The summed E-state index contributed by atoms with van der Waals surface area (Å²) in [6.45, 7) is 14.8. The third-order valence-electron chi connectivity index (χ3n) is 3.96. The summed E-state index contributed by atoms with van der Waals surface area (Å²) in [5.74, 6) is 0. The molecular formula is C13H24Si2. The van der Waals surface area contributed by atoms with Gasteiger partial charge in [-0.1, -0.05) is 69.1 Å². The summed E-state index contributed by atoms with van der Waals surface area (Å²) in [6.07, 6.45) is 1.15. The number of hydrogen-bond acceptors (Lipinski definition) is 0. The molecule has 0 saturated heterocycles. The van der Waals surface area contributed by atoms with Gasteiger partial charge >= 0.3 is 0 Å². The van der Waals surface area contributed by atoms with E-state index in [2.05, 4.69) is 63.9 Å². The van der Waals surface area contributed by atoms with E-state index in [1.807, 2.05) is 0 Å². The van der Waals surface area contributed by atoms with E-state index in [-0.39, 0.29) is 0 Å². The van der Waals surface area contributed by atoms with E-state index in [9.17, 15) is 0 Å². The second kappa shape index (κ2) is 4.26. The van der Waals surface area contributed by atoms with Gasteiger partial charge in [0.2, 0.25) is 0 Å². The molecule has 0 spiro atoms. The molecule has 0 atom stereocenters. The average molecular weight is 237 g/mol. The van der Waals surface area contributed by atoms with Crippen molar-refractivity contribution in [3.63, 3.8) is 0 Å². The van der Waals surface area contributed by atoms with Gasteiger partial charge in [0.1, 0.15) is 0 Å². The SMILES string of the molecule is CCc1ccc([Si](C)(C)[Si](C)(C)C)cc1. The summed E-state index contributed by atoms with van der Waals surface area (Å²) in [6, 6.07) is 9.38. The van der Waals surface area contributed by atoms with E-state index in [0.717, 1.165) is 6.42 Å². The molecule has 0 heterocycles. The molecule has 2 heteroatoms. The van der Waals surface area contributed by atoms with Crippen LogP contribution in [0, 0.1) is 0 Å². The zero-order valence-corrected chi connectivity index (χ0v) is 13.0. The summed E-state index contributed by atoms with van der Waals surface area (Å²) in [4.78, 5) is 0. The maximum atomic E-state index is 2.53. The lowest BCUT2D eigenvalue weighted by atomic mass is 10.2. The first-order valence-electron chi connectivity index (χ1n) is 5.88. The standard InChI is InChI=1S/C13H24Si2/c1-7-12-8-10-13(11-9-12)15(5,6)14(2,3)4/h8-11H,7H2,1-6H3. The highest BCUT2D eigenvalue weighted by Gasteiger charge is 2.37. The van der Waals surface area contributed by atoms with Crippen LogP contribution in [0.1, 0.15) is 12.5 Å². The molecule has 15 heavy (non-hydrogen) atoms. The van der Waals surface area contributed by atoms with Crippen molar-refractivity contribution in [2.45, 2.75) is 46.1 Å². The van der Waals surface area contributed by atoms with Crippen molar-refractivity contribution >= 4 is 20.4 Å². The van der Waals surface area contributed by atoms with Crippen LogP contribution in [0.25, 0.3) is 0 Å². The average Bonchev–Trinajstić information content (AvgIpc) is 2.16. The van der Waals surface area contributed by atoms with Crippen molar-refractivity contribution in [1.82, 2.24) is 0 Å². The minimum absolute atomic E-state index is 1.01. The first kappa shape index (κ1) is 12.7. The van der Waals surface area contributed by atoms with Gasteiger partial charge in [0.15, 0.2) is 0 Å². The Labute approximate surface area is 96.5 Å². The van der Waals surface area contributed by atoms with Crippen LogP contribution in [-0.2, 0) is 6.42 Å². The highest BCUT2D eigenvalue weighted by Crippen LogP contribution is 2.18. The van der Waals surface area contributed by atoms with Crippen LogP contribution in [0.15, 0.2) is 24.3 Å². The predicted molar refractivity (Wildman–Crippen MR) is 76.3 cm³/mol. The van der Waals surface area contributed by atoms with Crippen molar-refractivity contribution in [3.05, 3.63) is 29.8 Å². The van der Waals surface area contributed by atoms with Gasteiger partial charge < -0.3 is 0 Å². The zero-order chi connectivity index (χ0) is 11.7. The maximum absolute atomic E-state index is 2.53. The Morgan fingerprint density at radius 1 is 0.867 bits per heavy atom. The molecule has 0 fully saturated rings. The van der Waals surface area contributed by atoms with Gasteiger partial charge in [-0.25, -0.2) is 0 Å². The molecule has 0 amide bonds. The quantitative estimate of drug-likeness (QED) is 0.704. The van der Waals surface area contributed by atoms with E-state index in [4.69, 9.17) is 0 Å². The van der Waals surface area contributed by atoms with Crippen LogP contribution in [0.4, 0.5) is 0 Å². The van der Waals surface area contributed by atoms with Crippen LogP contribution in [0.2, 0.25) is 32.7 Å². The van der Waals surface area contributed by atoms with Crippen LogP contribution < -0.4 is 5.19 Å². The van der Waals surface area contributed by atoms with E-state index in [1.165, 1.54) is 5.56 Å². The molecule has 1 aromatic rings. The Morgan fingerprint density at radius 2 is 1.33 bits per heavy atom. The summed E-state index contributed by atoms with van der Waals surface area (Å²) < 4.78 is 0. The monoisotopic (exact) mass is 236 g/mol. The second-order valence-corrected chi connectivity index (χ2v) is 22.5. The molecule has 0 nitrogen and oxygen atoms in total. The number of rotatable bonds is 3. The van der Waals surface area contributed by atoms with Crippen LogP contribution >= 0.6 is 0 Å². The van der Waals surface area contributed by atoms with E-state index < -0.39 is 15.2 Å². The van der Waals surface area contributed by atoms with Crippen molar-refractivity contribution in [1.29, 1.82) is 0 Å². The summed E-state index contributed by atoms with van der Waals surface area (Å²) >= 11 is 0. The maximum Gasteiger partial charge on any atom is 0.0736 e. The molecule has 1 rings (SSSR count). The Kier molecular flexibility index (Phi) is 3.61. The molecular weight excluding hydrogens is 212 g/mol. The topological polar surface area (TPSA) is 0 Å². The van der Waals surface area contributed by atoms with Gasteiger partial charge in [-0.15, -0.1) is 0 Å². The Hall–Kier alpha value is -0.346. The van der Waals surface area contributed by atoms with E-state index in [1.54, 1.807) is 5.19 Å². The Balaban J connectivity index is 3.06. The van der Waals surface area contributed by atoms with E-state index >= 15 is 0 Å². The normalized spacial score (nSPS) is 12.9. The van der Waals surface area contributed by atoms with E-state index in [0.29, 0.717) is 0 Å². The molecule has 0 bridgehead atoms. The third-order valence-corrected chi connectivity index (χ3v) is 21.6. The molecule has 0 radical (unpaired) electrons. The van der Waals surface area contributed by atoms with Crippen molar-refractivity contribution in [2.24, 2.45) is 0 Å². The van der Waals surface area contributed by atoms with Crippen LogP contribution in [0.3, 0.4) is 0 Å². The molecule has 0 N–H and O–H groups in total. The molecule has 0 unspecified atom stereocenters. The molecule has 0 aromatic heterocycles.